The zero-order valence-corrected chi connectivity index (χ0v) is 35.6. The van der Waals surface area contributed by atoms with Gasteiger partial charge in [-0.05, 0) is 74.0 Å². The number of halogens is 2. The SMILES string of the molecule is CN1C(=CC=C(C=CC2=[N+](C)c3ccc(S(=O)(=O)O)cc3C2(C)C)SCCC(=O)Nc2ccn([C@@H]3O[C@H](CO)[C@@H](O)C3(F)F)c(=O)n2)C(C)(C)c2cc(S(=O)(=O)O)ccc21. The number of nitrogens with one attached hydrogen (secondary N) is 1. The number of hydrogen-bond acceptors (Lipinski definition) is 12. The molecule has 0 radical (unpaired) electrons. The fraction of sp³-hybridized carbons (Fsp3) is 0.385. The van der Waals surface area contributed by atoms with Gasteiger partial charge in [0.1, 0.15) is 19.0 Å². The molecule has 3 aliphatic rings. The quantitative estimate of drug-likeness (QED) is 0.0979. The zero-order chi connectivity index (χ0) is 44.3. The highest BCUT2D eigenvalue weighted by Gasteiger charge is 2.59. The maximum absolute atomic E-state index is 14.6. The molecule has 3 atom stereocenters. The number of anilines is 2. The first-order valence-electron chi connectivity index (χ1n) is 18.3. The minimum absolute atomic E-state index is 0.0908. The number of allylic oxidation sites excluding steroid dienone is 5. The first-order chi connectivity index (χ1) is 27.8. The topological polar surface area (TPSA) is 229 Å². The van der Waals surface area contributed by atoms with E-state index in [2.05, 4.69) is 10.3 Å². The molecule has 1 amide bonds. The van der Waals surface area contributed by atoms with Gasteiger partial charge in [0, 0.05) is 64.8 Å². The largest absolute Gasteiger partial charge is 0.394 e. The number of thioether (sulfide) groups is 1. The van der Waals surface area contributed by atoms with E-state index < -0.39 is 73.6 Å². The number of amides is 1. The molecule has 1 aromatic heterocycles. The van der Waals surface area contributed by atoms with E-state index in [4.69, 9.17) is 4.74 Å². The number of rotatable bonds is 12. The molecule has 0 spiro atoms. The number of aromatic nitrogens is 2. The molecule has 16 nitrogen and oxygen atoms in total. The molecular weight excluding hydrogens is 849 g/mol. The summed E-state index contributed by atoms with van der Waals surface area (Å²) in [7, 11) is -5.27. The number of carbonyl (C=O) groups is 1. The number of alkyl halides is 2. The molecular formula is C39H44F2N5O11S3+. The van der Waals surface area contributed by atoms with Gasteiger partial charge in [0.25, 0.3) is 20.2 Å². The predicted molar refractivity (Wildman–Crippen MR) is 219 cm³/mol. The fourth-order valence-electron chi connectivity index (χ4n) is 7.67. The molecule has 21 heteroatoms. The summed E-state index contributed by atoms with van der Waals surface area (Å²) in [6, 6.07) is 9.87. The number of nitrogens with zero attached hydrogens (tertiary/aromatic N) is 4. The first kappa shape index (κ1) is 44.9. The second kappa shape index (κ2) is 16.0. The second-order valence-corrected chi connectivity index (χ2v) is 19.5. The fourth-order valence-corrected chi connectivity index (χ4v) is 9.54. The number of aliphatic hydroxyl groups excluding tert-OH is 2. The Bertz CT molecular complexity index is 2680. The van der Waals surface area contributed by atoms with Crippen LogP contribution in [0, 0.1) is 0 Å². The van der Waals surface area contributed by atoms with Crippen LogP contribution < -0.4 is 15.9 Å². The van der Waals surface area contributed by atoms with Crippen molar-refractivity contribution in [3.8, 4) is 0 Å². The third-order valence-electron chi connectivity index (χ3n) is 10.9. The average Bonchev–Trinajstić information content (AvgIpc) is 3.59. The standard InChI is InChI=1S/C39H43F2N5O11S3/c1-37(2)25-19-23(59(51,52)53)9-11-27(25)44(5)30(37)13-7-22(8-14-31-38(3,4)26-20-24(60(54,55)56)10-12-28(26)45(31)6)58-18-16-33(48)42-32-15-17-46(36(50)43-32)35-39(40,41)34(49)29(21-47)57-35/h7-15,17,19-20,29,34-35,47,49H,16,18,21H2,1-6H3,(H2-,42,43,48,50,51,52,53,54,55,56)/p+1/t29-,34-,35-/m1/s1. The molecule has 4 heterocycles. The van der Waals surface area contributed by atoms with Gasteiger partial charge in [-0.1, -0.05) is 13.8 Å². The van der Waals surface area contributed by atoms with Crippen LogP contribution >= 0.6 is 11.8 Å². The number of fused-ring (bicyclic) bond motifs is 2. The third kappa shape index (κ3) is 8.36. The molecule has 0 saturated carbocycles. The van der Waals surface area contributed by atoms with Gasteiger partial charge in [-0.2, -0.15) is 35.2 Å². The van der Waals surface area contributed by atoms with Crippen molar-refractivity contribution in [2.45, 2.75) is 79.1 Å². The Labute approximate surface area is 349 Å². The summed E-state index contributed by atoms with van der Waals surface area (Å²) in [4.78, 5) is 31.5. The van der Waals surface area contributed by atoms with Gasteiger partial charge in [-0.3, -0.25) is 18.5 Å². The van der Waals surface area contributed by atoms with Crippen LogP contribution in [0.15, 0.2) is 98.2 Å². The van der Waals surface area contributed by atoms with Crippen LogP contribution in [0.5, 0.6) is 0 Å². The Morgan fingerprint density at radius 1 is 1.02 bits per heavy atom. The molecule has 1 saturated heterocycles. The van der Waals surface area contributed by atoms with Crippen LogP contribution in [-0.4, -0.2) is 106 Å². The van der Waals surface area contributed by atoms with Gasteiger partial charge in [-0.15, -0.1) is 11.8 Å². The van der Waals surface area contributed by atoms with Crippen molar-refractivity contribution < 1.29 is 59.0 Å². The monoisotopic (exact) mass is 892 g/mol. The van der Waals surface area contributed by atoms with E-state index >= 15 is 0 Å². The maximum Gasteiger partial charge on any atom is 0.351 e. The van der Waals surface area contributed by atoms with Gasteiger partial charge in [-0.25, -0.2) is 4.79 Å². The smallest absolute Gasteiger partial charge is 0.351 e. The zero-order valence-electron chi connectivity index (χ0n) is 33.2. The number of likely N-dealkylation sites (N-methyl/N-ethyl adjacent to an activating group) is 1. The first-order valence-corrected chi connectivity index (χ1v) is 22.2. The Morgan fingerprint density at radius 3 is 2.25 bits per heavy atom. The van der Waals surface area contributed by atoms with Crippen LogP contribution in [0.1, 0.15) is 51.5 Å². The number of aliphatic hydroxyl groups is 2. The summed E-state index contributed by atoms with van der Waals surface area (Å²) >= 11 is 1.30. The lowest BCUT2D eigenvalue weighted by Gasteiger charge is -2.24. The minimum Gasteiger partial charge on any atom is -0.394 e. The van der Waals surface area contributed by atoms with Crippen molar-refractivity contribution in [1.29, 1.82) is 0 Å². The van der Waals surface area contributed by atoms with E-state index in [1.807, 2.05) is 75.6 Å². The van der Waals surface area contributed by atoms with Gasteiger partial charge < -0.3 is 25.2 Å². The van der Waals surface area contributed by atoms with Crippen LogP contribution in [0.3, 0.4) is 0 Å². The van der Waals surface area contributed by atoms with Crippen LogP contribution in [0.4, 0.5) is 26.0 Å². The molecule has 0 unspecified atom stereocenters. The Kier molecular flexibility index (Phi) is 12.0. The molecule has 6 rings (SSSR count). The van der Waals surface area contributed by atoms with E-state index in [-0.39, 0.29) is 27.8 Å². The van der Waals surface area contributed by atoms with Gasteiger partial charge in [0.2, 0.25) is 17.8 Å². The molecule has 3 aromatic rings. The van der Waals surface area contributed by atoms with Gasteiger partial charge in [0.05, 0.1) is 21.8 Å². The number of ether oxygens (including phenoxy) is 1. The van der Waals surface area contributed by atoms with Gasteiger partial charge in [0.15, 0.2) is 11.8 Å². The van der Waals surface area contributed by atoms with Crippen LogP contribution in [0.25, 0.3) is 0 Å². The van der Waals surface area contributed by atoms with E-state index in [1.54, 1.807) is 12.1 Å². The lowest BCUT2D eigenvalue weighted by molar-refractivity contribution is -0.401. The van der Waals surface area contributed by atoms with Crippen molar-refractivity contribution in [3.05, 3.63) is 105 Å². The van der Waals surface area contributed by atoms with Crippen molar-refractivity contribution in [2.75, 3.05) is 36.7 Å². The van der Waals surface area contributed by atoms with Crippen molar-refractivity contribution >= 4 is 60.8 Å². The molecule has 3 aliphatic heterocycles. The Morgan fingerprint density at radius 2 is 1.65 bits per heavy atom. The molecule has 1 fully saturated rings. The van der Waals surface area contributed by atoms with Crippen LogP contribution in [0.2, 0.25) is 0 Å². The van der Waals surface area contributed by atoms with Gasteiger partial charge >= 0.3 is 11.6 Å². The van der Waals surface area contributed by atoms with Crippen LogP contribution in [-0.2, 0) is 40.6 Å². The molecule has 60 heavy (non-hydrogen) atoms. The summed E-state index contributed by atoms with van der Waals surface area (Å²) < 4.78 is 104. The molecule has 0 aliphatic carbocycles. The molecule has 322 valence electrons. The minimum atomic E-state index is -4.46. The summed E-state index contributed by atoms with van der Waals surface area (Å²) in [6.07, 6.45) is 2.02. The van der Waals surface area contributed by atoms with E-state index in [0.29, 0.717) is 20.6 Å². The van der Waals surface area contributed by atoms with E-state index in [9.17, 15) is 54.5 Å². The second-order valence-electron chi connectivity index (χ2n) is 15.5. The summed E-state index contributed by atoms with van der Waals surface area (Å²) in [5.74, 6) is -4.47. The van der Waals surface area contributed by atoms with Crippen molar-refractivity contribution in [3.63, 3.8) is 0 Å². The Balaban J connectivity index is 1.25. The summed E-state index contributed by atoms with van der Waals surface area (Å²) in [5, 5.41) is 21.6. The summed E-state index contributed by atoms with van der Waals surface area (Å²) in [6.45, 7) is 6.74. The number of benzene rings is 2. The normalized spacial score (nSPS) is 22.8. The molecule has 5 N–H and O–H groups in total. The lowest BCUT2D eigenvalue weighted by atomic mass is 9.81. The average molecular weight is 893 g/mol. The van der Waals surface area contributed by atoms with E-state index in [1.165, 1.54) is 36.0 Å². The number of hydrogen-bond donors (Lipinski definition) is 5. The maximum atomic E-state index is 14.6. The molecule has 2 aromatic carbocycles. The third-order valence-corrected chi connectivity index (χ3v) is 13.6. The molecule has 0 bridgehead atoms. The lowest BCUT2D eigenvalue weighted by Crippen LogP contribution is -2.41. The summed E-state index contributed by atoms with van der Waals surface area (Å²) in [5.41, 5.74) is 1.77. The highest BCUT2D eigenvalue weighted by molar-refractivity contribution is 8.03. The Hall–Kier alpha value is -4.61. The highest BCUT2D eigenvalue weighted by atomic mass is 32.2. The van der Waals surface area contributed by atoms with E-state index in [0.717, 1.165) is 35.0 Å². The predicted octanol–water partition coefficient (Wildman–Crippen LogP) is 4.14. The van der Waals surface area contributed by atoms with Crippen molar-refractivity contribution in [2.24, 2.45) is 0 Å². The number of carbonyl (C=O) groups excluding carboxylic acids is 1. The van der Waals surface area contributed by atoms with Crippen molar-refractivity contribution in [1.82, 2.24) is 9.55 Å². The highest BCUT2D eigenvalue weighted by Crippen LogP contribution is 2.48.